The highest BCUT2D eigenvalue weighted by Gasteiger charge is 2.28. The summed E-state index contributed by atoms with van der Waals surface area (Å²) in [7, 11) is 0. The topological polar surface area (TPSA) is 89.0 Å². The smallest absolute Gasteiger partial charge is 0.337 e. The molecule has 0 aliphatic carbocycles. The predicted molar refractivity (Wildman–Crippen MR) is 93.6 cm³/mol. The third kappa shape index (κ3) is 3.56. The van der Waals surface area contributed by atoms with Crippen LogP contribution in [-0.4, -0.2) is 31.8 Å². The Kier molecular flexibility index (Phi) is 4.98. The van der Waals surface area contributed by atoms with E-state index in [1.807, 2.05) is 24.3 Å². The normalized spacial score (nSPS) is 11.3. The Hall–Kier alpha value is -3.61. The van der Waals surface area contributed by atoms with Crippen molar-refractivity contribution >= 4 is 17.1 Å². The first-order valence-electron chi connectivity index (χ1n) is 7.97. The van der Waals surface area contributed by atoms with E-state index in [1.165, 1.54) is 16.4 Å². The molecule has 0 radical (unpaired) electrons. The first kappa shape index (κ1) is 17.2. The summed E-state index contributed by atoms with van der Waals surface area (Å²) >= 11 is 0. The van der Waals surface area contributed by atoms with Gasteiger partial charge in [0.2, 0.25) is 0 Å². The molecule has 0 saturated heterocycles. The fourth-order valence-corrected chi connectivity index (χ4v) is 2.43. The number of allylic oxidation sites excluding steroid dienone is 1. The molecule has 3 aromatic rings. The van der Waals surface area contributed by atoms with Crippen LogP contribution in [0.1, 0.15) is 23.1 Å². The Morgan fingerprint density at radius 2 is 1.69 bits per heavy atom. The molecule has 7 nitrogen and oxygen atoms in total. The van der Waals surface area contributed by atoms with E-state index < -0.39 is 0 Å². The van der Waals surface area contributed by atoms with Crippen LogP contribution >= 0.6 is 0 Å². The molecule has 0 aliphatic heterocycles. The molecule has 1 N–H and O–H groups in total. The summed E-state index contributed by atoms with van der Waals surface area (Å²) in [6, 6.07) is 17.9. The molecule has 0 fully saturated rings. The number of aliphatic hydroxyl groups excluding tert-OH is 1. The highest BCUT2D eigenvalue weighted by molar-refractivity contribution is 6.17. The third-order valence-corrected chi connectivity index (χ3v) is 3.75. The van der Waals surface area contributed by atoms with Gasteiger partial charge in [-0.05, 0) is 19.1 Å². The molecular weight excluding hydrogens is 332 g/mol. The minimum Gasteiger partial charge on any atom is -0.515 e. The maximum Gasteiger partial charge on any atom is 0.337 e. The summed E-state index contributed by atoms with van der Waals surface area (Å²) in [4.78, 5) is 25.7. The summed E-state index contributed by atoms with van der Waals surface area (Å²) in [6.07, 6.45) is 0.686. The zero-order valence-corrected chi connectivity index (χ0v) is 14.1. The molecule has 0 spiro atoms. The molecule has 0 atom stereocenters. The number of aliphatic hydroxyl groups is 1. The molecule has 7 heteroatoms. The lowest BCUT2D eigenvalue weighted by Gasteiger charge is -1.99. The van der Waals surface area contributed by atoms with Crippen LogP contribution in [0.25, 0.3) is 11.3 Å². The van der Waals surface area contributed by atoms with Crippen LogP contribution in [0.2, 0.25) is 0 Å². The molecule has 0 unspecified atom stereocenters. The lowest BCUT2D eigenvalue weighted by molar-refractivity contribution is -0.744. The fraction of sp³-hybridized carbons (Fsp3) is 0.105. The van der Waals surface area contributed by atoms with Gasteiger partial charge in [-0.1, -0.05) is 48.5 Å². The van der Waals surface area contributed by atoms with Gasteiger partial charge in [-0.15, -0.1) is 4.68 Å². The van der Waals surface area contributed by atoms with Crippen LogP contribution in [-0.2, 0) is 11.3 Å². The molecule has 130 valence electrons. The minimum absolute atomic E-state index is 0.0203. The number of carbonyl (C=O) groups excluding carboxylic acids is 2. The first-order valence-corrected chi connectivity index (χ1v) is 7.97. The largest absolute Gasteiger partial charge is 0.515 e. The minimum atomic E-state index is -0.381. The van der Waals surface area contributed by atoms with Gasteiger partial charge in [0.25, 0.3) is 0 Å². The van der Waals surface area contributed by atoms with E-state index in [-0.39, 0.29) is 29.5 Å². The van der Waals surface area contributed by atoms with Crippen molar-refractivity contribution in [2.45, 2.75) is 13.5 Å². The van der Waals surface area contributed by atoms with E-state index in [0.29, 0.717) is 17.5 Å². The van der Waals surface area contributed by atoms with Gasteiger partial charge in [0.1, 0.15) is 5.57 Å². The lowest BCUT2D eigenvalue weighted by atomic mass is 10.1. The van der Waals surface area contributed by atoms with E-state index in [9.17, 15) is 14.7 Å². The van der Waals surface area contributed by atoms with Crippen LogP contribution in [0.15, 0.2) is 66.9 Å². The van der Waals surface area contributed by atoms with Gasteiger partial charge in [0.15, 0.2) is 23.8 Å². The van der Waals surface area contributed by atoms with Crippen LogP contribution in [0.5, 0.6) is 0 Å². The molecule has 0 bridgehead atoms. The summed E-state index contributed by atoms with van der Waals surface area (Å²) in [5, 5.41) is 18.0. The Balaban J connectivity index is 2.03. The predicted octanol–water partition coefficient (Wildman–Crippen LogP) is 1.93. The van der Waals surface area contributed by atoms with Gasteiger partial charge in [0, 0.05) is 10.4 Å². The maximum atomic E-state index is 12.5. The summed E-state index contributed by atoms with van der Waals surface area (Å²) in [6.45, 7) is 1.20. The van der Waals surface area contributed by atoms with E-state index in [1.54, 1.807) is 36.4 Å². The van der Waals surface area contributed by atoms with Gasteiger partial charge >= 0.3 is 5.82 Å². The number of hydrogen-bond acceptors (Lipinski definition) is 5. The number of nitrogens with zero attached hydrogens (tertiary/aromatic N) is 4. The SMILES string of the molecule is CC(=O)/C(=C\O)c1nn(-c2ccccc2)n[n+]1CC(=O)c1ccccc1. The van der Waals surface area contributed by atoms with Crippen LogP contribution in [0.4, 0.5) is 0 Å². The van der Waals surface area contributed by atoms with Gasteiger partial charge in [-0.3, -0.25) is 9.59 Å². The first-order chi connectivity index (χ1) is 12.6. The zero-order chi connectivity index (χ0) is 18.5. The number of aromatic nitrogens is 4. The summed E-state index contributed by atoms with van der Waals surface area (Å²) in [5.41, 5.74) is 1.17. The zero-order valence-electron chi connectivity index (χ0n) is 14.1. The number of hydrogen-bond donors (Lipinski definition) is 1. The number of para-hydroxylation sites is 1. The van der Waals surface area contributed by atoms with E-state index in [0.717, 1.165) is 0 Å². The molecule has 0 amide bonds. The molecule has 2 aromatic carbocycles. The number of tetrazole rings is 1. The monoisotopic (exact) mass is 349 g/mol. The number of ketones is 2. The van der Waals surface area contributed by atoms with Crippen molar-refractivity contribution in [1.29, 1.82) is 0 Å². The molecule has 1 aromatic heterocycles. The molecule has 1 heterocycles. The van der Waals surface area contributed by atoms with E-state index in [2.05, 4.69) is 10.3 Å². The molecule has 26 heavy (non-hydrogen) atoms. The standard InChI is InChI=1S/C19H16N4O3/c1-14(25)17(13-24)19-20-23(16-10-6-3-7-11-16)21-22(19)12-18(26)15-8-4-2-5-9-15/h2-11,13H,12H2,1H3/p+1. The van der Waals surface area contributed by atoms with Crippen molar-refractivity contribution < 1.29 is 19.4 Å². The number of Topliss-reactive ketones (excluding diaryl/α,β-unsaturated/α-hetero) is 2. The van der Waals surface area contributed by atoms with Crippen LogP contribution < -0.4 is 4.68 Å². The van der Waals surface area contributed by atoms with Crippen LogP contribution in [0, 0.1) is 0 Å². The van der Waals surface area contributed by atoms with Crippen molar-refractivity contribution in [3.05, 3.63) is 78.3 Å². The van der Waals surface area contributed by atoms with Crippen molar-refractivity contribution in [2.75, 3.05) is 0 Å². The van der Waals surface area contributed by atoms with E-state index in [4.69, 9.17) is 0 Å². The maximum absolute atomic E-state index is 12.5. The van der Waals surface area contributed by atoms with Crippen molar-refractivity contribution in [3.8, 4) is 5.69 Å². The summed E-state index contributed by atoms with van der Waals surface area (Å²) in [5.74, 6) is -0.445. The average Bonchev–Trinajstić information content (AvgIpc) is 3.07. The van der Waals surface area contributed by atoms with Gasteiger partial charge in [0.05, 0.1) is 16.6 Å². The molecular formula is C19H17N4O3+. The second-order valence-corrected chi connectivity index (χ2v) is 5.58. The number of benzene rings is 2. The lowest BCUT2D eigenvalue weighted by Crippen LogP contribution is -2.44. The second-order valence-electron chi connectivity index (χ2n) is 5.58. The Morgan fingerprint density at radius 3 is 2.27 bits per heavy atom. The Labute approximate surface area is 149 Å². The molecule has 0 aliphatic rings. The van der Waals surface area contributed by atoms with Gasteiger partial charge in [-0.25, -0.2) is 0 Å². The van der Waals surface area contributed by atoms with Crippen LogP contribution in [0.3, 0.4) is 0 Å². The van der Waals surface area contributed by atoms with Crippen molar-refractivity contribution in [1.82, 2.24) is 15.1 Å². The van der Waals surface area contributed by atoms with E-state index >= 15 is 0 Å². The quantitative estimate of drug-likeness (QED) is 0.318. The number of carbonyl (C=O) groups is 2. The fourth-order valence-electron chi connectivity index (χ4n) is 2.43. The average molecular weight is 349 g/mol. The Bertz CT molecular complexity index is 963. The van der Waals surface area contributed by atoms with Gasteiger partial charge in [-0.2, -0.15) is 0 Å². The third-order valence-electron chi connectivity index (χ3n) is 3.75. The van der Waals surface area contributed by atoms with Gasteiger partial charge < -0.3 is 5.11 Å². The van der Waals surface area contributed by atoms with Crippen molar-refractivity contribution in [3.63, 3.8) is 0 Å². The number of rotatable bonds is 6. The second kappa shape index (κ2) is 7.52. The highest BCUT2D eigenvalue weighted by Crippen LogP contribution is 2.10. The Morgan fingerprint density at radius 1 is 1.08 bits per heavy atom. The highest BCUT2D eigenvalue weighted by atomic mass is 16.2. The molecule has 3 rings (SSSR count). The summed E-state index contributed by atoms with van der Waals surface area (Å²) < 4.78 is 1.31. The van der Waals surface area contributed by atoms with Crippen molar-refractivity contribution in [2.24, 2.45) is 0 Å². The molecule has 0 saturated carbocycles.